The van der Waals surface area contributed by atoms with Crippen LogP contribution >= 0.6 is 0 Å². The first-order chi connectivity index (χ1) is 13.2. The van der Waals surface area contributed by atoms with E-state index in [1.165, 1.54) is 23.4 Å². The van der Waals surface area contributed by atoms with Crippen LogP contribution in [-0.4, -0.2) is 44.6 Å². The van der Waals surface area contributed by atoms with Crippen molar-refractivity contribution in [2.45, 2.75) is 16.9 Å². The van der Waals surface area contributed by atoms with Crippen LogP contribution in [0.5, 0.6) is 0 Å². The summed E-state index contributed by atoms with van der Waals surface area (Å²) in [4.78, 5) is 23.2. The molecule has 0 fully saturated rings. The highest BCUT2D eigenvalue weighted by Gasteiger charge is 2.46. The van der Waals surface area contributed by atoms with Gasteiger partial charge in [-0.1, -0.05) is 0 Å². The van der Waals surface area contributed by atoms with Crippen LogP contribution in [0.25, 0.3) is 5.95 Å². The summed E-state index contributed by atoms with van der Waals surface area (Å²) in [6.07, 6.45) is 4.25. The maximum Gasteiger partial charge on any atom is 0.501 e. The predicted molar refractivity (Wildman–Crippen MR) is 87.8 cm³/mol. The number of hydrogen-bond donors (Lipinski definition) is 1. The van der Waals surface area contributed by atoms with Gasteiger partial charge in [0, 0.05) is 18.0 Å². The molecule has 0 aliphatic rings. The van der Waals surface area contributed by atoms with Crippen molar-refractivity contribution in [2.75, 3.05) is 0 Å². The summed E-state index contributed by atoms with van der Waals surface area (Å²) >= 11 is 0. The van der Waals surface area contributed by atoms with E-state index in [0.29, 0.717) is 5.82 Å². The van der Waals surface area contributed by atoms with E-state index < -0.39 is 26.1 Å². The third-order valence-corrected chi connectivity index (χ3v) is 5.00. The molecule has 1 amide bonds. The molecule has 0 saturated carbocycles. The summed E-state index contributed by atoms with van der Waals surface area (Å²) in [5.41, 5.74) is -5.44. The van der Waals surface area contributed by atoms with E-state index in [1.807, 2.05) is 0 Å². The zero-order valence-corrected chi connectivity index (χ0v) is 14.6. The molecule has 0 aliphatic heterocycles. The Labute approximate surface area is 156 Å². The van der Waals surface area contributed by atoms with Gasteiger partial charge in [-0.3, -0.25) is 4.79 Å². The molecule has 0 bridgehead atoms. The van der Waals surface area contributed by atoms with Gasteiger partial charge in [-0.2, -0.15) is 23.0 Å². The van der Waals surface area contributed by atoms with E-state index in [1.54, 1.807) is 6.07 Å². The fourth-order valence-corrected chi connectivity index (χ4v) is 2.90. The minimum atomic E-state index is -5.47. The second-order valence-corrected chi connectivity index (χ2v) is 7.23. The molecule has 0 aliphatic carbocycles. The van der Waals surface area contributed by atoms with Crippen LogP contribution in [0.4, 0.5) is 13.2 Å². The van der Waals surface area contributed by atoms with Crippen molar-refractivity contribution >= 4 is 15.7 Å². The largest absolute Gasteiger partial charge is 0.501 e. The van der Waals surface area contributed by atoms with Crippen molar-refractivity contribution in [2.24, 2.45) is 0 Å². The van der Waals surface area contributed by atoms with Crippen molar-refractivity contribution in [3.05, 3.63) is 60.4 Å². The molecule has 0 spiro atoms. The van der Waals surface area contributed by atoms with Gasteiger partial charge in [-0.05, 0) is 30.3 Å². The van der Waals surface area contributed by atoms with Gasteiger partial charge in [0.15, 0.2) is 5.82 Å². The van der Waals surface area contributed by atoms with Gasteiger partial charge in [0.25, 0.3) is 21.7 Å². The third kappa shape index (κ3) is 3.83. The molecular formula is C15H11F3N6O3S. The number of amides is 1. The van der Waals surface area contributed by atoms with Gasteiger partial charge < -0.3 is 5.32 Å². The van der Waals surface area contributed by atoms with E-state index in [0.717, 1.165) is 24.3 Å². The Kier molecular flexibility index (Phi) is 5.09. The molecule has 1 N–H and O–H groups in total. The number of sulfone groups is 1. The highest BCUT2D eigenvalue weighted by Crippen LogP contribution is 2.30. The fourth-order valence-electron chi connectivity index (χ4n) is 2.13. The summed E-state index contributed by atoms with van der Waals surface area (Å²) in [6, 6.07) is 5.03. The Hall–Kier alpha value is -3.35. The number of rotatable bonds is 5. The summed E-state index contributed by atoms with van der Waals surface area (Å²) in [5, 5.41) is 6.47. The SMILES string of the molecule is O=C(NCc1ncnn1-c1ncccn1)c1ccc(S(=O)(=O)C(F)(F)F)cc1. The fraction of sp³-hybridized carbons (Fsp3) is 0.133. The summed E-state index contributed by atoms with van der Waals surface area (Å²) in [5.74, 6) is -0.0822. The quantitative estimate of drug-likeness (QED) is 0.670. The van der Waals surface area contributed by atoms with E-state index in [9.17, 15) is 26.4 Å². The highest BCUT2D eigenvalue weighted by atomic mass is 32.2. The molecule has 3 rings (SSSR count). The van der Waals surface area contributed by atoms with E-state index in [-0.39, 0.29) is 18.1 Å². The van der Waals surface area contributed by atoms with Crippen LogP contribution in [-0.2, 0) is 16.4 Å². The number of benzene rings is 1. The normalized spacial score (nSPS) is 12.0. The van der Waals surface area contributed by atoms with Crippen LogP contribution in [0.15, 0.2) is 53.9 Å². The minimum Gasteiger partial charge on any atom is -0.345 e. The molecule has 9 nitrogen and oxygen atoms in total. The molecule has 0 radical (unpaired) electrons. The Balaban J connectivity index is 1.71. The van der Waals surface area contributed by atoms with Gasteiger partial charge in [-0.15, -0.1) is 0 Å². The second-order valence-electron chi connectivity index (χ2n) is 5.29. The molecule has 28 heavy (non-hydrogen) atoms. The first-order valence-corrected chi connectivity index (χ1v) is 9.04. The van der Waals surface area contributed by atoms with Crippen molar-refractivity contribution in [1.29, 1.82) is 0 Å². The zero-order chi connectivity index (χ0) is 20.4. The Morgan fingerprint density at radius 2 is 1.71 bits per heavy atom. The van der Waals surface area contributed by atoms with Crippen molar-refractivity contribution in [1.82, 2.24) is 30.0 Å². The number of carbonyl (C=O) groups excluding carboxylic acids is 1. The Morgan fingerprint density at radius 1 is 1.07 bits per heavy atom. The number of nitrogens with one attached hydrogen (secondary N) is 1. The topological polar surface area (TPSA) is 120 Å². The standard InChI is InChI=1S/C15H11F3N6O3S/c16-15(17,18)28(26,27)11-4-2-10(3-5-11)13(25)21-8-12-22-9-23-24(12)14-19-6-1-7-20-14/h1-7,9H,8H2,(H,21,25). The molecule has 1 aromatic carbocycles. The zero-order valence-electron chi connectivity index (χ0n) is 13.8. The average Bonchev–Trinajstić information content (AvgIpc) is 3.14. The number of alkyl halides is 3. The van der Waals surface area contributed by atoms with E-state index in [2.05, 4.69) is 25.4 Å². The van der Waals surface area contributed by atoms with E-state index in [4.69, 9.17) is 0 Å². The van der Waals surface area contributed by atoms with Crippen LogP contribution in [0.3, 0.4) is 0 Å². The molecular weight excluding hydrogens is 401 g/mol. The molecule has 2 aromatic heterocycles. The lowest BCUT2D eigenvalue weighted by atomic mass is 10.2. The second kappa shape index (κ2) is 7.34. The van der Waals surface area contributed by atoms with E-state index >= 15 is 0 Å². The maximum absolute atomic E-state index is 12.5. The molecule has 146 valence electrons. The minimum absolute atomic E-state index is 0.0249. The van der Waals surface area contributed by atoms with Crippen molar-refractivity contribution in [3.8, 4) is 5.95 Å². The number of carbonyl (C=O) groups is 1. The lowest BCUT2D eigenvalue weighted by Gasteiger charge is -2.09. The molecule has 13 heteroatoms. The highest BCUT2D eigenvalue weighted by molar-refractivity contribution is 7.92. The van der Waals surface area contributed by atoms with Crippen molar-refractivity contribution in [3.63, 3.8) is 0 Å². The van der Waals surface area contributed by atoms with Crippen LogP contribution < -0.4 is 5.32 Å². The average molecular weight is 412 g/mol. The molecule has 2 heterocycles. The van der Waals surface area contributed by atoms with Crippen LogP contribution in [0.2, 0.25) is 0 Å². The summed E-state index contributed by atoms with van der Waals surface area (Å²) < 4.78 is 61.6. The number of halogens is 3. The molecule has 0 saturated heterocycles. The summed E-state index contributed by atoms with van der Waals surface area (Å²) in [7, 11) is -5.47. The van der Waals surface area contributed by atoms with Crippen molar-refractivity contribution < 1.29 is 26.4 Å². The number of hydrogen-bond acceptors (Lipinski definition) is 7. The monoisotopic (exact) mass is 412 g/mol. The molecule has 0 atom stereocenters. The lowest BCUT2D eigenvalue weighted by Crippen LogP contribution is -2.26. The third-order valence-electron chi connectivity index (χ3n) is 3.50. The van der Waals surface area contributed by atoms with Gasteiger partial charge in [0.05, 0.1) is 11.4 Å². The predicted octanol–water partition coefficient (Wildman–Crippen LogP) is 1.28. The molecule has 0 unspecified atom stereocenters. The van der Waals surface area contributed by atoms with Crippen LogP contribution in [0, 0.1) is 0 Å². The Bertz CT molecular complexity index is 1080. The maximum atomic E-state index is 12.5. The Morgan fingerprint density at radius 3 is 2.32 bits per heavy atom. The summed E-state index contributed by atoms with van der Waals surface area (Å²) in [6.45, 7) is -0.0698. The first-order valence-electron chi connectivity index (χ1n) is 7.56. The lowest BCUT2D eigenvalue weighted by molar-refractivity contribution is -0.0436. The van der Waals surface area contributed by atoms with Crippen LogP contribution in [0.1, 0.15) is 16.2 Å². The number of nitrogens with zero attached hydrogens (tertiary/aromatic N) is 5. The smallest absolute Gasteiger partial charge is 0.345 e. The van der Waals surface area contributed by atoms with Gasteiger partial charge in [0.1, 0.15) is 6.33 Å². The van der Waals surface area contributed by atoms with Gasteiger partial charge in [-0.25, -0.2) is 23.4 Å². The van der Waals surface area contributed by atoms with Gasteiger partial charge >= 0.3 is 5.51 Å². The van der Waals surface area contributed by atoms with Gasteiger partial charge in [0.2, 0.25) is 0 Å². The molecule has 3 aromatic rings. The first kappa shape index (κ1) is 19.4. The number of aromatic nitrogens is 5.